The lowest BCUT2D eigenvalue weighted by Gasteiger charge is -2.33. The van der Waals surface area contributed by atoms with E-state index in [1.807, 2.05) is 62.4 Å². The van der Waals surface area contributed by atoms with Crippen LogP contribution < -0.4 is 15.2 Å². The van der Waals surface area contributed by atoms with Crippen LogP contribution in [0.5, 0.6) is 5.88 Å². The number of nitrogens with zero attached hydrogens (tertiary/aromatic N) is 4. The van der Waals surface area contributed by atoms with Crippen molar-refractivity contribution in [2.24, 2.45) is 16.6 Å². The van der Waals surface area contributed by atoms with Gasteiger partial charge in [0.05, 0.1) is 28.9 Å². The number of anilines is 1. The van der Waals surface area contributed by atoms with Crippen LogP contribution in [-0.4, -0.2) is 48.1 Å². The van der Waals surface area contributed by atoms with Gasteiger partial charge in [0, 0.05) is 29.6 Å². The molecule has 1 atom stereocenters. The highest BCUT2D eigenvalue weighted by Crippen LogP contribution is 2.30. The number of allylic oxidation sites excluding steroid dienone is 1. The van der Waals surface area contributed by atoms with Crippen LogP contribution in [-0.2, 0) is 16.6 Å². The van der Waals surface area contributed by atoms with Gasteiger partial charge >= 0.3 is 0 Å². The molecule has 46 heavy (non-hydrogen) atoms. The van der Waals surface area contributed by atoms with E-state index in [9.17, 15) is 13.2 Å². The van der Waals surface area contributed by atoms with E-state index in [2.05, 4.69) is 33.5 Å². The Bertz CT molecular complexity index is 1870. The molecule has 0 fully saturated rings. The van der Waals surface area contributed by atoms with Gasteiger partial charge in [0.15, 0.2) is 0 Å². The second-order valence-corrected chi connectivity index (χ2v) is 13.3. The highest BCUT2D eigenvalue weighted by Gasteiger charge is 2.31. The smallest absolute Gasteiger partial charge is 0.264 e. The lowest BCUT2D eigenvalue weighted by molar-refractivity contribution is 0.0680. The number of amides is 1. The number of aliphatic imine (C=N–C) groups is 1. The molecule has 1 aliphatic heterocycles. The maximum atomic E-state index is 14.3. The van der Waals surface area contributed by atoms with Crippen molar-refractivity contribution in [1.82, 2.24) is 14.9 Å². The van der Waals surface area contributed by atoms with E-state index in [1.54, 1.807) is 23.2 Å². The van der Waals surface area contributed by atoms with Crippen molar-refractivity contribution in [1.29, 1.82) is 0 Å². The minimum absolute atomic E-state index is 0.0445. The molecule has 3 aromatic carbocycles. The minimum Gasteiger partial charge on any atom is -0.475 e. The summed E-state index contributed by atoms with van der Waals surface area (Å²) < 4.78 is 36.0. The van der Waals surface area contributed by atoms with E-state index in [0.29, 0.717) is 24.4 Å². The van der Waals surface area contributed by atoms with Crippen molar-refractivity contribution in [2.45, 2.75) is 51.6 Å². The predicted octanol–water partition coefficient (Wildman–Crippen LogP) is 5.88. The Morgan fingerprint density at radius 3 is 2.46 bits per heavy atom. The van der Waals surface area contributed by atoms with E-state index in [-0.39, 0.29) is 34.8 Å². The van der Waals surface area contributed by atoms with Crippen molar-refractivity contribution in [2.75, 3.05) is 11.3 Å². The zero-order valence-electron chi connectivity index (χ0n) is 26.3. The number of aryl methyl sites for hydroxylation is 2. The summed E-state index contributed by atoms with van der Waals surface area (Å²) in [5, 5.41) is 0. The Labute approximate surface area is 270 Å². The molecule has 1 amide bonds. The number of nitrogens with one attached hydrogen (secondary N) is 1. The van der Waals surface area contributed by atoms with Gasteiger partial charge in [0.2, 0.25) is 11.8 Å². The molecule has 3 N–H and O–H groups in total. The summed E-state index contributed by atoms with van der Waals surface area (Å²) in [5.74, 6) is -0.255. The van der Waals surface area contributed by atoms with Crippen LogP contribution in [0.3, 0.4) is 0 Å². The summed E-state index contributed by atoms with van der Waals surface area (Å²) in [6, 6.07) is 22.6. The van der Waals surface area contributed by atoms with Gasteiger partial charge in [0.25, 0.3) is 15.9 Å². The first kappa shape index (κ1) is 32.4. The van der Waals surface area contributed by atoms with Crippen LogP contribution in [0.1, 0.15) is 47.3 Å². The molecule has 4 aromatic rings. The standard InChI is InChI=1S/C35H38N6O4S/c1-23(2)16-28-22-45-32-18-31(33-24(3)10-8-11-25(33)4)38-35(39-32)40-46(43,44)30-15-9-14-27(17-30)34(42)41(28)29(19-36)21-37-20-26-12-6-5-7-13-26/h5-15,17-19,21,23,28H,16,20,22,36H2,1-4H3,(H,38,39,40)/t28-/m1/s1. The molecule has 0 aliphatic carbocycles. The van der Waals surface area contributed by atoms with E-state index in [0.717, 1.165) is 22.3 Å². The van der Waals surface area contributed by atoms with Gasteiger partial charge in [-0.25, -0.2) is 18.1 Å². The number of nitrogens with two attached hydrogens (primary N) is 1. The number of aromatic nitrogens is 2. The number of fused-ring (bicyclic) bond motifs is 4. The van der Waals surface area contributed by atoms with E-state index in [4.69, 9.17) is 10.5 Å². The van der Waals surface area contributed by atoms with E-state index < -0.39 is 22.0 Å². The Kier molecular flexibility index (Phi) is 9.81. The fourth-order valence-electron chi connectivity index (χ4n) is 5.49. The van der Waals surface area contributed by atoms with Crippen molar-refractivity contribution in [3.63, 3.8) is 0 Å². The summed E-state index contributed by atoms with van der Waals surface area (Å²) in [4.78, 5) is 29.3. The Morgan fingerprint density at radius 2 is 1.76 bits per heavy atom. The number of carbonyl (C=O) groups excluding carboxylic acids is 1. The fraction of sp³-hybridized carbons (Fsp3) is 0.257. The van der Waals surface area contributed by atoms with Crippen molar-refractivity contribution >= 4 is 28.1 Å². The zero-order chi connectivity index (χ0) is 32.8. The molecule has 10 nitrogen and oxygen atoms in total. The monoisotopic (exact) mass is 638 g/mol. The lowest BCUT2D eigenvalue weighted by atomic mass is 10.00. The summed E-state index contributed by atoms with van der Waals surface area (Å²) in [6.45, 7) is 8.46. The molecule has 11 heteroatoms. The molecular weight excluding hydrogens is 600 g/mol. The molecule has 0 unspecified atom stereocenters. The van der Waals surface area contributed by atoms with Gasteiger partial charge in [-0.15, -0.1) is 0 Å². The second kappa shape index (κ2) is 13.9. The van der Waals surface area contributed by atoms with E-state index >= 15 is 0 Å². The number of hydrogen-bond donors (Lipinski definition) is 2. The van der Waals surface area contributed by atoms with Gasteiger partial charge in [-0.1, -0.05) is 68.4 Å². The molecule has 0 saturated heterocycles. The molecule has 5 rings (SSSR count). The first-order chi connectivity index (χ1) is 22.1. The summed E-state index contributed by atoms with van der Waals surface area (Å²) >= 11 is 0. The van der Waals surface area contributed by atoms with E-state index in [1.165, 1.54) is 24.4 Å². The normalized spacial score (nSPS) is 16.7. The molecule has 0 radical (unpaired) electrons. The topological polar surface area (TPSA) is 140 Å². The van der Waals surface area contributed by atoms with Crippen molar-refractivity contribution in [3.05, 3.63) is 113 Å². The van der Waals surface area contributed by atoms with Crippen LogP contribution in [0.2, 0.25) is 0 Å². The quantitative estimate of drug-likeness (QED) is 0.241. The van der Waals surface area contributed by atoms with Gasteiger partial charge in [0.1, 0.15) is 6.61 Å². The van der Waals surface area contributed by atoms with Crippen LogP contribution in [0, 0.1) is 19.8 Å². The third-order valence-electron chi connectivity index (χ3n) is 7.60. The predicted molar refractivity (Wildman–Crippen MR) is 180 cm³/mol. The number of carbonyl (C=O) groups is 1. The summed E-state index contributed by atoms with van der Waals surface area (Å²) in [6.07, 6.45) is 3.45. The fourth-order valence-corrected chi connectivity index (χ4v) is 6.48. The maximum absolute atomic E-state index is 14.3. The molecule has 238 valence electrons. The molecule has 1 aromatic heterocycles. The zero-order valence-corrected chi connectivity index (χ0v) is 27.2. The third kappa shape index (κ3) is 7.43. The van der Waals surface area contributed by atoms with Crippen LogP contribution >= 0.6 is 0 Å². The number of rotatable bonds is 7. The van der Waals surface area contributed by atoms with Crippen molar-refractivity contribution < 1.29 is 17.9 Å². The molecule has 1 aliphatic rings. The van der Waals surface area contributed by atoms with Gasteiger partial charge in [-0.3, -0.25) is 14.7 Å². The third-order valence-corrected chi connectivity index (χ3v) is 8.92. The maximum Gasteiger partial charge on any atom is 0.264 e. The SMILES string of the molecule is Cc1cccc(C)c1-c1cc2nc(n1)NS(=O)(=O)c1cccc(c1)C(=O)N(C(C=NCc1ccccc1)=CN)[C@H](CC(C)C)CO2. The average Bonchev–Trinajstić information content (AvgIpc) is 3.02. The number of hydrogen-bond acceptors (Lipinski definition) is 8. The first-order valence-corrected chi connectivity index (χ1v) is 16.5. The lowest BCUT2D eigenvalue weighted by Crippen LogP contribution is -2.44. The van der Waals surface area contributed by atoms with Crippen molar-refractivity contribution in [3.8, 4) is 17.1 Å². The van der Waals surface area contributed by atoms with Gasteiger partial charge in [-0.2, -0.15) is 4.98 Å². The van der Waals surface area contributed by atoms with Gasteiger partial charge in [-0.05, 0) is 61.1 Å². The molecule has 0 spiro atoms. The number of ether oxygens (including phenoxy) is 1. The highest BCUT2D eigenvalue weighted by atomic mass is 32.2. The number of sulfonamides is 1. The summed E-state index contributed by atoms with van der Waals surface area (Å²) in [5.41, 5.74) is 10.9. The van der Waals surface area contributed by atoms with Gasteiger partial charge < -0.3 is 10.5 Å². The van der Waals surface area contributed by atoms with Crippen LogP contribution in [0.15, 0.2) is 101 Å². The Balaban J connectivity index is 1.64. The minimum atomic E-state index is -4.19. The average molecular weight is 639 g/mol. The molecule has 0 saturated carbocycles. The first-order valence-electron chi connectivity index (χ1n) is 15.1. The number of benzene rings is 3. The molecule has 4 bridgehead atoms. The summed E-state index contributed by atoms with van der Waals surface area (Å²) in [7, 11) is -4.19. The van der Waals surface area contributed by atoms with Crippen LogP contribution in [0.25, 0.3) is 11.3 Å². The van der Waals surface area contributed by atoms with Crippen LogP contribution in [0.4, 0.5) is 5.95 Å². The second-order valence-electron chi connectivity index (χ2n) is 11.6. The Morgan fingerprint density at radius 1 is 1.04 bits per heavy atom. The Hall–Kier alpha value is -5.03. The molecular formula is C35H38N6O4S. The highest BCUT2D eigenvalue weighted by molar-refractivity contribution is 7.92. The molecule has 2 heterocycles. The largest absolute Gasteiger partial charge is 0.475 e.